The van der Waals surface area contributed by atoms with Gasteiger partial charge in [-0.1, -0.05) is 6.92 Å². The van der Waals surface area contributed by atoms with Crippen molar-refractivity contribution in [3.05, 3.63) is 18.2 Å². The van der Waals surface area contributed by atoms with Gasteiger partial charge < -0.3 is 9.47 Å². The Bertz CT molecular complexity index is 707. The lowest BCUT2D eigenvalue weighted by Gasteiger charge is -2.16. The zero-order chi connectivity index (χ0) is 20.7. The zero-order valence-electron chi connectivity index (χ0n) is 14.0. The van der Waals surface area contributed by atoms with Crippen molar-refractivity contribution >= 4 is 21.8 Å². The van der Waals surface area contributed by atoms with Crippen LogP contribution in [0.2, 0.25) is 0 Å². The fraction of sp³-hybridized carbons (Fsp3) is 0.571. The molecule has 0 fully saturated rings. The molecular weight excluding hydrogens is 424 g/mol. The highest BCUT2D eigenvalue weighted by molar-refractivity contribution is 7.99. The highest BCUT2D eigenvalue weighted by Gasteiger charge is 2.31. The minimum atomic E-state index is -4.72. The van der Waals surface area contributed by atoms with Gasteiger partial charge in [-0.25, -0.2) is 13.1 Å². The second-order valence-electron chi connectivity index (χ2n) is 5.01. The Morgan fingerprint density at radius 3 is 2.19 bits per heavy atom. The van der Waals surface area contributed by atoms with E-state index in [1.54, 1.807) is 0 Å². The van der Waals surface area contributed by atoms with Crippen molar-refractivity contribution in [3.63, 3.8) is 0 Å². The van der Waals surface area contributed by atoms with Crippen molar-refractivity contribution in [3.8, 4) is 11.5 Å². The minimum absolute atomic E-state index is 0.0206. The van der Waals surface area contributed by atoms with Crippen LogP contribution in [0.1, 0.15) is 6.92 Å². The fourth-order valence-corrected chi connectivity index (χ4v) is 3.56. The van der Waals surface area contributed by atoms with Crippen molar-refractivity contribution in [2.45, 2.75) is 24.2 Å². The van der Waals surface area contributed by atoms with Crippen LogP contribution in [0.3, 0.4) is 0 Å². The molecule has 27 heavy (non-hydrogen) atoms. The number of nitrogens with one attached hydrogen (secondary N) is 1. The normalized spacial score (nSPS) is 12.9. The third-order valence-electron chi connectivity index (χ3n) is 2.74. The van der Waals surface area contributed by atoms with Gasteiger partial charge >= 0.3 is 12.4 Å². The van der Waals surface area contributed by atoms with Crippen molar-refractivity contribution in [2.75, 3.05) is 31.3 Å². The molecule has 0 aliphatic rings. The predicted octanol–water partition coefficient (Wildman–Crippen LogP) is 3.60. The second-order valence-corrected chi connectivity index (χ2v) is 8.14. The monoisotopic (exact) mass is 441 g/mol. The molecular formula is C14H17F6NO4S2. The maximum Gasteiger partial charge on any atom is 0.422 e. The highest BCUT2D eigenvalue weighted by Crippen LogP contribution is 2.30. The molecule has 0 heterocycles. The molecule has 0 aromatic heterocycles. The van der Waals surface area contributed by atoms with Gasteiger partial charge in [-0.2, -0.15) is 38.1 Å². The Kier molecular flexibility index (Phi) is 8.54. The first kappa shape index (κ1) is 23.7. The third-order valence-corrected chi connectivity index (χ3v) is 5.12. The van der Waals surface area contributed by atoms with E-state index in [0.717, 1.165) is 17.9 Å². The largest absolute Gasteiger partial charge is 0.484 e. The van der Waals surface area contributed by atoms with E-state index in [9.17, 15) is 34.8 Å². The van der Waals surface area contributed by atoms with Crippen molar-refractivity contribution < 1.29 is 44.2 Å². The molecule has 0 spiro atoms. The lowest BCUT2D eigenvalue weighted by molar-refractivity contribution is -0.154. The van der Waals surface area contributed by atoms with Crippen LogP contribution in [0.5, 0.6) is 11.5 Å². The van der Waals surface area contributed by atoms with E-state index in [-0.39, 0.29) is 6.54 Å². The van der Waals surface area contributed by atoms with E-state index in [1.165, 1.54) is 11.8 Å². The molecule has 1 rings (SSSR count). The molecule has 156 valence electrons. The molecule has 0 atom stereocenters. The van der Waals surface area contributed by atoms with E-state index < -0.39 is 52.0 Å². The number of thioether (sulfide) groups is 1. The molecule has 0 aliphatic heterocycles. The highest BCUT2D eigenvalue weighted by atomic mass is 32.2. The Morgan fingerprint density at radius 2 is 1.63 bits per heavy atom. The number of alkyl halides is 6. The molecule has 0 radical (unpaired) electrons. The smallest absolute Gasteiger partial charge is 0.422 e. The van der Waals surface area contributed by atoms with Gasteiger partial charge in [0, 0.05) is 18.4 Å². The first-order valence-corrected chi connectivity index (χ1v) is 10.1. The number of hydrogen-bond acceptors (Lipinski definition) is 5. The van der Waals surface area contributed by atoms with Crippen molar-refractivity contribution in [2.24, 2.45) is 0 Å². The molecule has 5 nitrogen and oxygen atoms in total. The second kappa shape index (κ2) is 9.73. The molecule has 1 N–H and O–H groups in total. The number of sulfonamides is 1. The molecule has 0 unspecified atom stereocenters. The van der Waals surface area contributed by atoms with Crippen LogP contribution in [0.25, 0.3) is 0 Å². The minimum Gasteiger partial charge on any atom is -0.484 e. The van der Waals surface area contributed by atoms with Gasteiger partial charge in [0.1, 0.15) is 16.4 Å². The summed E-state index contributed by atoms with van der Waals surface area (Å²) in [5.41, 5.74) is 0. The maximum absolute atomic E-state index is 12.3. The average molecular weight is 441 g/mol. The van der Waals surface area contributed by atoms with Gasteiger partial charge in [-0.3, -0.25) is 0 Å². The lowest BCUT2D eigenvalue weighted by Crippen LogP contribution is -2.27. The van der Waals surface area contributed by atoms with E-state index in [4.69, 9.17) is 0 Å². The van der Waals surface area contributed by atoms with Crippen LogP contribution in [-0.4, -0.2) is 52.0 Å². The van der Waals surface area contributed by atoms with Crippen LogP contribution in [-0.2, 0) is 10.0 Å². The molecule has 0 saturated carbocycles. The van der Waals surface area contributed by atoms with Gasteiger partial charge in [0.25, 0.3) is 0 Å². The van der Waals surface area contributed by atoms with Gasteiger partial charge in [-0.05, 0) is 17.9 Å². The Labute approximate surface area is 156 Å². The number of rotatable bonds is 10. The molecule has 1 aromatic carbocycles. The quantitative estimate of drug-likeness (QED) is 0.444. The average Bonchev–Trinajstić information content (AvgIpc) is 2.54. The summed E-state index contributed by atoms with van der Waals surface area (Å²) >= 11 is 1.42. The van der Waals surface area contributed by atoms with Crippen LogP contribution in [0.4, 0.5) is 26.3 Å². The molecule has 0 amide bonds. The predicted molar refractivity (Wildman–Crippen MR) is 87.7 cm³/mol. The number of hydrogen-bond donors (Lipinski definition) is 1. The van der Waals surface area contributed by atoms with Crippen LogP contribution in [0, 0.1) is 0 Å². The molecule has 13 heteroatoms. The third kappa shape index (κ3) is 9.42. The lowest BCUT2D eigenvalue weighted by atomic mass is 10.3. The Morgan fingerprint density at radius 1 is 1.04 bits per heavy atom. The summed E-state index contributed by atoms with van der Waals surface area (Å²) in [6.07, 6.45) is -9.39. The van der Waals surface area contributed by atoms with E-state index in [1.807, 2.05) is 6.92 Å². The standard InChI is InChI=1S/C14H17F6NO4S2/c1-2-26-6-5-21-27(22,23)12-7-10(24-8-13(15,16)17)3-4-11(12)25-9-14(18,19)20/h3-4,7,21H,2,5-6,8-9H2,1H3. The summed E-state index contributed by atoms with van der Waals surface area (Å²) in [6, 6.07) is 2.39. The van der Waals surface area contributed by atoms with E-state index in [2.05, 4.69) is 14.2 Å². The van der Waals surface area contributed by atoms with Crippen molar-refractivity contribution in [1.82, 2.24) is 4.72 Å². The number of halogens is 6. The molecule has 0 bridgehead atoms. The van der Waals surface area contributed by atoms with Gasteiger partial charge in [0.05, 0.1) is 0 Å². The van der Waals surface area contributed by atoms with Crippen LogP contribution in [0.15, 0.2) is 23.1 Å². The first-order valence-electron chi connectivity index (χ1n) is 7.44. The van der Waals surface area contributed by atoms with Gasteiger partial charge in [-0.15, -0.1) is 0 Å². The topological polar surface area (TPSA) is 64.6 Å². The molecule has 0 saturated heterocycles. The van der Waals surface area contributed by atoms with Gasteiger partial charge in [0.15, 0.2) is 13.2 Å². The van der Waals surface area contributed by atoms with Crippen molar-refractivity contribution in [1.29, 1.82) is 0 Å². The summed E-state index contributed by atoms with van der Waals surface area (Å²) in [5.74, 6) is -0.00132. The summed E-state index contributed by atoms with van der Waals surface area (Å²) in [6.45, 7) is -1.61. The Hall–Kier alpha value is -1.34. The number of ether oxygens (including phenoxy) is 2. The molecule has 0 aliphatic carbocycles. The SMILES string of the molecule is CCSCCNS(=O)(=O)c1cc(OCC(F)(F)F)ccc1OCC(F)(F)F. The maximum atomic E-state index is 12.3. The summed E-state index contributed by atoms with van der Waals surface area (Å²) in [7, 11) is -4.33. The number of benzene rings is 1. The zero-order valence-corrected chi connectivity index (χ0v) is 15.6. The van der Waals surface area contributed by atoms with Crippen LogP contribution >= 0.6 is 11.8 Å². The summed E-state index contributed by atoms with van der Waals surface area (Å²) < 4.78 is 110. The van der Waals surface area contributed by atoms with Gasteiger partial charge in [0.2, 0.25) is 10.0 Å². The molecule has 1 aromatic rings. The Balaban J connectivity index is 3.08. The van der Waals surface area contributed by atoms with Crippen LogP contribution < -0.4 is 14.2 Å². The first-order chi connectivity index (χ1) is 12.3. The van der Waals surface area contributed by atoms with E-state index in [0.29, 0.717) is 11.8 Å². The fourth-order valence-electron chi connectivity index (χ4n) is 1.70. The summed E-state index contributed by atoms with van der Waals surface area (Å²) in [5, 5.41) is 0. The van der Waals surface area contributed by atoms with E-state index >= 15 is 0 Å². The summed E-state index contributed by atoms with van der Waals surface area (Å²) in [4.78, 5) is -0.743.